The summed E-state index contributed by atoms with van der Waals surface area (Å²) in [4.78, 5) is 26.9. The lowest BCUT2D eigenvalue weighted by Crippen LogP contribution is -2.48. The first-order valence-electron chi connectivity index (χ1n) is 10.4. The van der Waals surface area contributed by atoms with Gasteiger partial charge in [-0.25, -0.2) is 0 Å². The predicted molar refractivity (Wildman–Crippen MR) is 106 cm³/mol. The molecule has 2 amide bonds. The molecular weight excluding hydrogens is 399 g/mol. The van der Waals surface area contributed by atoms with Gasteiger partial charge in [0.05, 0.1) is 5.92 Å². The molecule has 2 aliphatic rings. The van der Waals surface area contributed by atoms with E-state index in [-0.39, 0.29) is 35.4 Å². The SMILES string of the molecule is N[C@H]1CCCC[C@@H]1C(=O)N1CCC(CC(=O)Nc2ccc(OC(F)(F)F)cc2)CC1. The van der Waals surface area contributed by atoms with E-state index in [0.717, 1.165) is 50.7 Å². The van der Waals surface area contributed by atoms with E-state index in [1.165, 1.54) is 12.1 Å². The van der Waals surface area contributed by atoms with Crippen LogP contribution in [0.2, 0.25) is 0 Å². The summed E-state index contributed by atoms with van der Waals surface area (Å²) in [5.41, 5.74) is 6.54. The van der Waals surface area contributed by atoms with E-state index in [4.69, 9.17) is 5.73 Å². The number of anilines is 1. The van der Waals surface area contributed by atoms with Crippen molar-refractivity contribution >= 4 is 17.5 Å². The molecule has 30 heavy (non-hydrogen) atoms. The second kappa shape index (κ2) is 9.68. The minimum Gasteiger partial charge on any atom is -0.406 e. The van der Waals surface area contributed by atoms with Crippen LogP contribution in [-0.4, -0.2) is 42.2 Å². The maximum Gasteiger partial charge on any atom is 0.573 e. The van der Waals surface area contributed by atoms with E-state index in [0.29, 0.717) is 25.2 Å². The van der Waals surface area contributed by atoms with Gasteiger partial charge in [0.25, 0.3) is 0 Å². The number of likely N-dealkylation sites (tertiary alicyclic amines) is 1. The summed E-state index contributed by atoms with van der Waals surface area (Å²) in [6.45, 7) is 1.26. The number of carbonyl (C=O) groups is 2. The highest BCUT2D eigenvalue weighted by Crippen LogP contribution is 2.28. The highest BCUT2D eigenvalue weighted by molar-refractivity contribution is 5.90. The van der Waals surface area contributed by atoms with Crippen molar-refractivity contribution in [1.29, 1.82) is 0 Å². The van der Waals surface area contributed by atoms with Crippen LogP contribution in [0.5, 0.6) is 5.75 Å². The second-order valence-electron chi connectivity index (χ2n) is 8.15. The van der Waals surface area contributed by atoms with Gasteiger partial charge in [0.1, 0.15) is 5.75 Å². The molecule has 0 spiro atoms. The smallest absolute Gasteiger partial charge is 0.406 e. The van der Waals surface area contributed by atoms with Gasteiger partial charge < -0.3 is 20.7 Å². The average Bonchev–Trinajstić information content (AvgIpc) is 2.69. The molecule has 1 aromatic rings. The summed E-state index contributed by atoms with van der Waals surface area (Å²) < 4.78 is 40.4. The Kier molecular flexibility index (Phi) is 7.23. The number of halogens is 3. The number of piperidine rings is 1. The van der Waals surface area contributed by atoms with Crippen molar-refractivity contribution in [2.24, 2.45) is 17.6 Å². The van der Waals surface area contributed by atoms with E-state index in [2.05, 4.69) is 10.1 Å². The van der Waals surface area contributed by atoms with Crippen molar-refractivity contribution in [3.63, 3.8) is 0 Å². The maximum absolute atomic E-state index is 12.7. The largest absolute Gasteiger partial charge is 0.573 e. The van der Waals surface area contributed by atoms with Crippen LogP contribution in [0.25, 0.3) is 0 Å². The van der Waals surface area contributed by atoms with Gasteiger partial charge in [-0.05, 0) is 55.9 Å². The molecule has 3 rings (SSSR count). The predicted octanol–water partition coefficient (Wildman–Crippen LogP) is 3.67. The molecule has 1 aromatic carbocycles. The van der Waals surface area contributed by atoms with Gasteiger partial charge in [-0.3, -0.25) is 9.59 Å². The second-order valence-corrected chi connectivity index (χ2v) is 8.15. The molecule has 1 saturated heterocycles. The van der Waals surface area contributed by atoms with Crippen LogP contribution in [0.4, 0.5) is 18.9 Å². The van der Waals surface area contributed by atoms with Crippen LogP contribution >= 0.6 is 0 Å². The van der Waals surface area contributed by atoms with Crippen molar-refractivity contribution in [3.05, 3.63) is 24.3 Å². The Hall–Kier alpha value is -2.29. The Balaban J connectivity index is 1.42. The van der Waals surface area contributed by atoms with Crippen molar-refractivity contribution in [2.75, 3.05) is 18.4 Å². The lowest BCUT2D eigenvalue weighted by molar-refractivity contribution is -0.274. The van der Waals surface area contributed by atoms with Crippen LogP contribution in [0, 0.1) is 11.8 Å². The number of nitrogens with two attached hydrogens (primary N) is 1. The average molecular weight is 427 g/mol. The van der Waals surface area contributed by atoms with E-state index in [9.17, 15) is 22.8 Å². The number of rotatable bonds is 5. The molecule has 0 aromatic heterocycles. The summed E-state index contributed by atoms with van der Waals surface area (Å²) in [6.07, 6.45) is 0.948. The molecule has 1 aliphatic heterocycles. The fourth-order valence-corrected chi connectivity index (χ4v) is 4.27. The number of ether oxygens (including phenoxy) is 1. The molecule has 1 saturated carbocycles. The molecule has 166 valence electrons. The van der Waals surface area contributed by atoms with E-state index in [1.807, 2.05) is 4.90 Å². The van der Waals surface area contributed by atoms with Crippen molar-refractivity contribution in [3.8, 4) is 5.75 Å². The number of hydrogen-bond donors (Lipinski definition) is 2. The Morgan fingerprint density at radius 1 is 1.07 bits per heavy atom. The molecule has 0 radical (unpaired) electrons. The van der Waals surface area contributed by atoms with Crippen molar-refractivity contribution < 1.29 is 27.5 Å². The number of hydrogen-bond acceptors (Lipinski definition) is 4. The lowest BCUT2D eigenvalue weighted by atomic mass is 9.83. The number of amides is 2. The first-order valence-corrected chi connectivity index (χ1v) is 10.4. The molecule has 0 bridgehead atoms. The molecule has 1 aliphatic carbocycles. The van der Waals surface area contributed by atoms with Crippen LogP contribution in [0.1, 0.15) is 44.9 Å². The Morgan fingerprint density at radius 2 is 1.70 bits per heavy atom. The zero-order valence-electron chi connectivity index (χ0n) is 16.8. The van der Waals surface area contributed by atoms with Gasteiger partial charge in [0.2, 0.25) is 11.8 Å². The summed E-state index contributed by atoms with van der Waals surface area (Å²) in [5, 5.41) is 2.70. The Morgan fingerprint density at radius 3 is 2.30 bits per heavy atom. The number of nitrogens with zero attached hydrogens (tertiary/aromatic N) is 1. The highest BCUT2D eigenvalue weighted by atomic mass is 19.4. The first kappa shape index (κ1) is 22.4. The molecular formula is C21H28F3N3O3. The number of alkyl halides is 3. The van der Waals surface area contributed by atoms with Gasteiger partial charge >= 0.3 is 6.36 Å². The highest BCUT2D eigenvalue weighted by Gasteiger charge is 2.34. The van der Waals surface area contributed by atoms with Crippen LogP contribution in [0.3, 0.4) is 0 Å². The third-order valence-corrected chi connectivity index (χ3v) is 5.91. The summed E-state index contributed by atoms with van der Waals surface area (Å²) in [5.74, 6) is -0.301. The fourth-order valence-electron chi connectivity index (χ4n) is 4.27. The summed E-state index contributed by atoms with van der Waals surface area (Å²) >= 11 is 0. The third-order valence-electron chi connectivity index (χ3n) is 5.91. The standard InChI is InChI=1S/C21H28F3N3O3/c22-21(23,24)30-16-7-5-15(6-8-16)26-19(28)13-14-9-11-27(12-10-14)20(29)17-3-1-2-4-18(17)25/h5-8,14,17-18H,1-4,9-13,25H2,(H,26,28)/t17-,18-/m0/s1. The molecule has 2 atom stereocenters. The minimum absolute atomic E-state index is 0.0531. The number of benzene rings is 1. The monoisotopic (exact) mass is 427 g/mol. The Labute approximate surface area is 173 Å². The van der Waals surface area contributed by atoms with E-state index >= 15 is 0 Å². The Bertz CT molecular complexity index is 731. The number of nitrogens with one attached hydrogen (secondary N) is 1. The quantitative estimate of drug-likeness (QED) is 0.751. The molecule has 6 nitrogen and oxygen atoms in total. The molecule has 3 N–H and O–H groups in total. The topological polar surface area (TPSA) is 84.7 Å². The molecule has 9 heteroatoms. The van der Waals surface area contributed by atoms with Crippen molar-refractivity contribution in [1.82, 2.24) is 4.90 Å². The lowest BCUT2D eigenvalue weighted by Gasteiger charge is -2.37. The summed E-state index contributed by atoms with van der Waals surface area (Å²) in [7, 11) is 0. The molecule has 1 heterocycles. The van der Waals surface area contributed by atoms with Gasteiger partial charge in [-0.15, -0.1) is 13.2 Å². The zero-order chi connectivity index (χ0) is 21.7. The fraction of sp³-hybridized carbons (Fsp3) is 0.619. The van der Waals surface area contributed by atoms with Gasteiger partial charge in [-0.1, -0.05) is 12.8 Å². The van der Waals surface area contributed by atoms with Gasteiger partial charge in [0, 0.05) is 31.2 Å². The molecule has 0 unspecified atom stereocenters. The van der Waals surface area contributed by atoms with E-state index < -0.39 is 6.36 Å². The maximum atomic E-state index is 12.7. The van der Waals surface area contributed by atoms with Crippen LogP contribution in [-0.2, 0) is 9.59 Å². The zero-order valence-corrected chi connectivity index (χ0v) is 16.8. The molecule has 2 fully saturated rings. The number of carbonyl (C=O) groups excluding carboxylic acids is 2. The van der Waals surface area contributed by atoms with E-state index in [1.54, 1.807) is 0 Å². The van der Waals surface area contributed by atoms with Crippen LogP contribution in [0.15, 0.2) is 24.3 Å². The summed E-state index contributed by atoms with van der Waals surface area (Å²) in [6, 6.07) is 5.00. The minimum atomic E-state index is -4.75. The van der Waals surface area contributed by atoms with Crippen LogP contribution < -0.4 is 15.8 Å². The third kappa shape index (κ3) is 6.35. The van der Waals surface area contributed by atoms with Crippen molar-refractivity contribution in [2.45, 2.75) is 57.3 Å². The van der Waals surface area contributed by atoms with Gasteiger partial charge in [-0.2, -0.15) is 0 Å². The van der Waals surface area contributed by atoms with Gasteiger partial charge in [0.15, 0.2) is 0 Å². The first-order chi connectivity index (χ1) is 14.2. The normalized spacial score (nSPS) is 23.1.